The minimum atomic E-state index is -1.10. The first-order chi connectivity index (χ1) is 6.91. The van der Waals surface area contributed by atoms with Gasteiger partial charge in [-0.1, -0.05) is 0 Å². The molecule has 0 aromatic carbocycles. The molecule has 0 atom stereocenters. The van der Waals surface area contributed by atoms with E-state index < -0.39 is 17.9 Å². The minimum absolute atomic E-state index is 0.257. The number of hydrogen-bond donors (Lipinski definition) is 1. The highest BCUT2D eigenvalue weighted by atomic mass is 16.6. The van der Waals surface area contributed by atoms with Gasteiger partial charge in [-0.2, -0.15) is 0 Å². The summed E-state index contributed by atoms with van der Waals surface area (Å²) in [6.45, 7) is 1.29. The van der Waals surface area contributed by atoms with Crippen LogP contribution in [0.15, 0.2) is 24.3 Å². The van der Waals surface area contributed by atoms with Gasteiger partial charge in [-0.25, -0.2) is 14.4 Å². The Balaban J connectivity index is 0.000000262. The molecule has 0 fully saturated rings. The van der Waals surface area contributed by atoms with Crippen molar-refractivity contribution in [2.24, 2.45) is 0 Å². The van der Waals surface area contributed by atoms with E-state index >= 15 is 0 Å². The second-order valence-electron chi connectivity index (χ2n) is 2.36. The summed E-state index contributed by atoms with van der Waals surface area (Å²) < 4.78 is 3.97. The van der Waals surface area contributed by atoms with Crippen LogP contribution < -0.4 is 0 Å². The Hall–Kier alpha value is -2.24. The summed E-state index contributed by atoms with van der Waals surface area (Å²) in [5.41, 5.74) is 0. The van der Waals surface area contributed by atoms with Crippen molar-refractivity contribution in [3.05, 3.63) is 24.3 Å². The van der Waals surface area contributed by atoms with Crippen molar-refractivity contribution >= 4 is 23.7 Å². The fourth-order valence-corrected chi connectivity index (χ4v) is 0.492. The predicted molar refractivity (Wildman–Crippen MR) is 47.7 cm³/mol. The third-order valence-electron chi connectivity index (χ3n) is 1.02. The minimum Gasteiger partial charge on any atom is -0.478 e. The molecule has 0 spiro atoms. The third kappa shape index (κ3) is 8.10. The molecule has 1 aliphatic rings. The van der Waals surface area contributed by atoms with E-state index in [4.69, 9.17) is 5.11 Å². The molecule has 6 nitrogen and oxygen atoms in total. The molecule has 0 bridgehead atoms. The molecule has 0 aromatic rings. The molecule has 1 aliphatic heterocycles. The summed E-state index contributed by atoms with van der Waals surface area (Å²) in [4.78, 5) is 39.5. The number of ether oxygens (including phenoxy) is 1. The molecule has 15 heavy (non-hydrogen) atoms. The maximum atomic E-state index is 10.00. The zero-order chi connectivity index (χ0) is 11.8. The van der Waals surface area contributed by atoms with E-state index in [2.05, 4.69) is 4.74 Å². The lowest BCUT2D eigenvalue weighted by Gasteiger charge is -1.80. The molecule has 1 N–H and O–H groups in total. The normalized spacial score (nSPS) is 13.4. The zero-order valence-corrected chi connectivity index (χ0v) is 7.80. The van der Waals surface area contributed by atoms with E-state index in [1.807, 2.05) is 0 Å². The smallest absolute Gasteiger partial charge is 0.338 e. The lowest BCUT2D eigenvalue weighted by atomic mass is 10.4. The van der Waals surface area contributed by atoms with Gasteiger partial charge in [0.25, 0.3) is 0 Å². The van der Waals surface area contributed by atoms with Crippen LogP contribution in [-0.4, -0.2) is 28.8 Å². The molecule has 0 saturated carbocycles. The van der Waals surface area contributed by atoms with Crippen molar-refractivity contribution in [3.8, 4) is 0 Å². The number of esters is 2. The van der Waals surface area contributed by atoms with Crippen molar-refractivity contribution in [1.82, 2.24) is 0 Å². The SMILES string of the molecule is CC(=O)C=CC(=O)O.O=C1C=CC(=O)O1. The van der Waals surface area contributed by atoms with E-state index in [0.29, 0.717) is 0 Å². The van der Waals surface area contributed by atoms with Gasteiger partial charge >= 0.3 is 17.9 Å². The maximum Gasteiger partial charge on any atom is 0.338 e. The number of carbonyl (C=O) groups excluding carboxylic acids is 3. The topological polar surface area (TPSA) is 97.7 Å². The maximum absolute atomic E-state index is 10.00. The van der Waals surface area contributed by atoms with E-state index in [-0.39, 0.29) is 5.78 Å². The molecule has 0 radical (unpaired) electrons. The summed E-state index contributed by atoms with van der Waals surface area (Å²) in [6.07, 6.45) is 3.98. The summed E-state index contributed by atoms with van der Waals surface area (Å²) in [5, 5.41) is 7.92. The largest absolute Gasteiger partial charge is 0.478 e. The predicted octanol–water partition coefficient (Wildman–Crippen LogP) is -0.158. The first kappa shape index (κ1) is 12.8. The van der Waals surface area contributed by atoms with Crippen LogP contribution in [0.2, 0.25) is 0 Å². The average Bonchev–Trinajstić information content (AvgIpc) is 2.47. The monoisotopic (exact) mass is 212 g/mol. The Morgan fingerprint density at radius 1 is 1.20 bits per heavy atom. The zero-order valence-electron chi connectivity index (χ0n) is 7.80. The molecule has 1 rings (SSSR count). The molecular formula is C9H8O6. The molecule has 0 unspecified atom stereocenters. The van der Waals surface area contributed by atoms with E-state index in [1.54, 1.807) is 0 Å². The standard InChI is InChI=1S/C5H6O3.C4H2O3/c1-4(6)2-3-5(7)8;5-3-1-2-4(6)7-3/h2-3H,1H3,(H,7,8);1-2H. The van der Waals surface area contributed by atoms with Crippen LogP contribution in [0.3, 0.4) is 0 Å². The Labute approximate surface area is 84.8 Å². The van der Waals surface area contributed by atoms with Crippen LogP contribution in [0.5, 0.6) is 0 Å². The number of rotatable bonds is 2. The highest BCUT2D eigenvalue weighted by molar-refractivity contribution is 6.04. The summed E-state index contributed by atoms with van der Waals surface area (Å²) in [5.74, 6) is -2.51. The lowest BCUT2D eigenvalue weighted by molar-refractivity contribution is -0.150. The number of aliphatic carboxylic acids is 1. The highest BCUT2D eigenvalue weighted by Crippen LogP contribution is 1.92. The molecule has 0 aliphatic carbocycles. The fourth-order valence-electron chi connectivity index (χ4n) is 0.492. The molecule has 0 amide bonds. The number of cyclic esters (lactones) is 2. The number of hydrogen-bond acceptors (Lipinski definition) is 5. The quantitative estimate of drug-likeness (QED) is 0.388. The summed E-state index contributed by atoms with van der Waals surface area (Å²) in [7, 11) is 0. The van der Waals surface area contributed by atoms with Gasteiger partial charge in [-0.3, -0.25) is 4.79 Å². The van der Waals surface area contributed by atoms with Gasteiger partial charge < -0.3 is 9.84 Å². The average molecular weight is 212 g/mol. The van der Waals surface area contributed by atoms with E-state index in [9.17, 15) is 19.2 Å². The van der Waals surface area contributed by atoms with Gasteiger partial charge in [-0.05, 0) is 13.0 Å². The van der Waals surface area contributed by atoms with Crippen molar-refractivity contribution < 1.29 is 29.0 Å². The Kier molecular flexibility index (Phi) is 5.32. The molecule has 80 valence electrons. The summed E-state index contributed by atoms with van der Waals surface area (Å²) in [6, 6.07) is 0. The second-order valence-corrected chi connectivity index (χ2v) is 2.36. The molecule has 1 heterocycles. The van der Waals surface area contributed by atoms with Crippen molar-refractivity contribution in [2.75, 3.05) is 0 Å². The van der Waals surface area contributed by atoms with Crippen LogP contribution in [-0.2, 0) is 23.9 Å². The molecule has 0 aromatic heterocycles. The number of allylic oxidation sites excluding steroid dienone is 1. The Bertz CT molecular complexity index is 318. The van der Waals surface area contributed by atoms with E-state index in [0.717, 1.165) is 24.3 Å². The first-order valence-corrected chi connectivity index (χ1v) is 3.77. The van der Waals surface area contributed by atoms with Gasteiger partial charge in [0, 0.05) is 18.2 Å². The van der Waals surface area contributed by atoms with E-state index in [1.165, 1.54) is 6.92 Å². The van der Waals surface area contributed by atoms with Crippen molar-refractivity contribution in [3.63, 3.8) is 0 Å². The number of carbonyl (C=O) groups is 4. The van der Waals surface area contributed by atoms with Crippen molar-refractivity contribution in [2.45, 2.75) is 6.92 Å². The van der Waals surface area contributed by atoms with Crippen LogP contribution >= 0.6 is 0 Å². The Morgan fingerprint density at radius 2 is 1.67 bits per heavy atom. The highest BCUT2D eigenvalue weighted by Gasteiger charge is 2.10. The van der Waals surface area contributed by atoms with Crippen LogP contribution in [0.1, 0.15) is 6.92 Å². The van der Waals surface area contributed by atoms with Gasteiger partial charge in [-0.15, -0.1) is 0 Å². The lowest BCUT2D eigenvalue weighted by Crippen LogP contribution is -1.96. The van der Waals surface area contributed by atoms with Gasteiger partial charge in [0.2, 0.25) is 0 Å². The van der Waals surface area contributed by atoms with Crippen LogP contribution in [0.4, 0.5) is 0 Å². The molecule has 6 heteroatoms. The van der Waals surface area contributed by atoms with Gasteiger partial charge in [0.1, 0.15) is 0 Å². The Morgan fingerprint density at radius 3 is 1.80 bits per heavy atom. The first-order valence-electron chi connectivity index (χ1n) is 3.77. The van der Waals surface area contributed by atoms with Crippen molar-refractivity contribution in [1.29, 1.82) is 0 Å². The second kappa shape index (κ2) is 6.25. The number of carboxylic acids is 1. The van der Waals surface area contributed by atoms with Gasteiger partial charge in [0.05, 0.1) is 0 Å². The summed E-state index contributed by atoms with van der Waals surface area (Å²) >= 11 is 0. The van der Waals surface area contributed by atoms with Crippen LogP contribution in [0.25, 0.3) is 0 Å². The molecule has 0 saturated heterocycles. The number of carboxylic acid groups (broad SMARTS) is 1. The third-order valence-corrected chi connectivity index (χ3v) is 1.02. The van der Waals surface area contributed by atoms with Crippen LogP contribution in [0, 0.1) is 0 Å². The van der Waals surface area contributed by atoms with Gasteiger partial charge in [0.15, 0.2) is 5.78 Å². The number of ketones is 1. The fraction of sp³-hybridized carbons (Fsp3) is 0.111. The molecular weight excluding hydrogens is 204 g/mol.